The van der Waals surface area contributed by atoms with Gasteiger partial charge in [0.25, 0.3) is 12.0 Å². The van der Waals surface area contributed by atoms with Crippen LogP contribution in [-0.4, -0.2) is 17.6 Å². The maximum Gasteiger partial charge on any atom is 0.256 e. The molecule has 0 bridgehead atoms. The summed E-state index contributed by atoms with van der Waals surface area (Å²) in [5.74, 6) is 2.80. The molecule has 0 unspecified atom stereocenters. The number of nitrogens with zero attached hydrogens (tertiary/aromatic N) is 1. The normalized spacial score (nSPS) is 10.6. The van der Waals surface area contributed by atoms with Crippen molar-refractivity contribution in [3.63, 3.8) is 0 Å². The quantitative estimate of drug-likeness (QED) is 0.778. The number of benzene rings is 1. The number of hydrogen-bond donors (Lipinski definition) is 0. The Balaban J connectivity index is 2.52. The van der Waals surface area contributed by atoms with Gasteiger partial charge in [0.2, 0.25) is 0 Å². The topological polar surface area (TPSA) is 31.2 Å². The molecule has 0 radical (unpaired) electrons. The maximum absolute atomic E-state index is 12.8. The van der Waals surface area contributed by atoms with Gasteiger partial charge in [-0.05, 0) is 31.2 Å². The highest BCUT2D eigenvalue weighted by Gasteiger charge is 2.15. The number of halogens is 3. The number of aryl methyl sites for hydroxylation is 1. The van der Waals surface area contributed by atoms with Crippen LogP contribution in [0.4, 0.5) is 8.78 Å². The molecule has 23 heavy (non-hydrogen) atoms. The zero-order valence-corrected chi connectivity index (χ0v) is 13.1. The van der Waals surface area contributed by atoms with Gasteiger partial charge in [-0.3, -0.25) is 4.79 Å². The Hall–Kier alpha value is -2.32. The zero-order valence-electron chi connectivity index (χ0n) is 12.4. The summed E-state index contributed by atoms with van der Waals surface area (Å²) in [5, 5.41) is 0.283. The second kappa shape index (κ2) is 7.30. The Labute approximate surface area is 137 Å². The van der Waals surface area contributed by atoms with Crippen LogP contribution in [0.1, 0.15) is 5.56 Å². The van der Waals surface area contributed by atoms with E-state index in [1.165, 1.54) is 6.07 Å². The second-order valence-electron chi connectivity index (χ2n) is 4.84. The van der Waals surface area contributed by atoms with Crippen LogP contribution in [0.25, 0.3) is 11.3 Å². The fraction of sp³-hybridized carbons (Fsp3) is 0.235. The lowest BCUT2D eigenvalue weighted by Gasteiger charge is -2.15. The molecule has 6 heteroatoms. The van der Waals surface area contributed by atoms with Crippen molar-refractivity contribution >= 4 is 11.6 Å². The third-order valence-corrected chi connectivity index (χ3v) is 3.54. The minimum Gasteiger partial charge on any atom is -0.481 e. The molecular formula is C17H14ClF2NO2. The third kappa shape index (κ3) is 3.91. The van der Waals surface area contributed by atoms with Crippen LogP contribution >= 0.6 is 11.6 Å². The molecule has 0 amide bonds. The molecule has 2 rings (SSSR count). The van der Waals surface area contributed by atoms with Gasteiger partial charge in [-0.25, -0.2) is 8.78 Å². The first kappa shape index (κ1) is 17.0. The molecule has 120 valence electrons. The molecule has 0 atom stereocenters. The van der Waals surface area contributed by atoms with E-state index < -0.39 is 18.5 Å². The molecule has 0 fully saturated rings. The molecule has 0 aliphatic carbocycles. The Morgan fingerprint density at radius 3 is 2.70 bits per heavy atom. The van der Waals surface area contributed by atoms with E-state index in [2.05, 4.69) is 5.92 Å². The molecule has 1 heterocycles. The van der Waals surface area contributed by atoms with Crippen LogP contribution in [-0.2, 0) is 6.54 Å². The van der Waals surface area contributed by atoms with Gasteiger partial charge >= 0.3 is 0 Å². The second-order valence-corrected chi connectivity index (χ2v) is 5.25. The zero-order chi connectivity index (χ0) is 17.0. The first-order valence-electron chi connectivity index (χ1n) is 6.78. The van der Waals surface area contributed by atoms with Crippen LogP contribution in [0.3, 0.4) is 0 Å². The standard InChI is InChI=1S/C17H14ClF2NO2/c1-3-8-23-12-5-6-13(14(18)9-12)15-7-4-11(2)17(22)21(15)10-16(19)20/h1,4-7,9,16H,8,10H2,2H3. The summed E-state index contributed by atoms with van der Waals surface area (Å²) in [7, 11) is 0. The van der Waals surface area contributed by atoms with Gasteiger partial charge in [-0.15, -0.1) is 6.42 Å². The summed E-state index contributed by atoms with van der Waals surface area (Å²) in [6, 6.07) is 7.95. The van der Waals surface area contributed by atoms with E-state index >= 15 is 0 Å². The smallest absolute Gasteiger partial charge is 0.256 e. The van der Waals surface area contributed by atoms with Gasteiger partial charge in [-0.1, -0.05) is 23.6 Å². The molecule has 1 aromatic carbocycles. The van der Waals surface area contributed by atoms with Crippen LogP contribution < -0.4 is 10.3 Å². The molecule has 0 spiro atoms. The molecule has 0 saturated carbocycles. The van der Waals surface area contributed by atoms with E-state index in [1.807, 2.05) is 0 Å². The molecule has 0 aliphatic rings. The number of rotatable bonds is 5. The monoisotopic (exact) mass is 337 g/mol. The van der Waals surface area contributed by atoms with Crippen molar-refractivity contribution in [1.82, 2.24) is 4.57 Å². The van der Waals surface area contributed by atoms with Gasteiger partial charge in [0.15, 0.2) is 0 Å². The van der Waals surface area contributed by atoms with Gasteiger partial charge in [0.1, 0.15) is 12.4 Å². The summed E-state index contributed by atoms with van der Waals surface area (Å²) in [6.07, 6.45) is 2.47. The van der Waals surface area contributed by atoms with Crippen LogP contribution in [0.2, 0.25) is 5.02 Å². The minimum atomic E-state index is -2.65. The third-order valence-electron chi connectivity index (χ3n) is 3.22. The number of aromatic nitrogens is 1. The highest BCUT2D eigenvalue weighted by Crippen LogP contribution is 2.31. The van der Waals surface area contributed by atoms with Crippen LogP contribution in [0.15, 0.2) is 35.1 Å². The van der Waals surface area contributed by atoms with E-state index in [1.54, 1.807) is 31.2 Å². The Bertz CT molecular complexity index is 809. The van der Waals surface area contributed by atoms with Crippen molar-refractivity contribution in [2.45, 2.75) is 19.9 Å². The molecule has 0 aliphatic heterocycles. The fourth-order valence-electron chi connectivity index (χ4n) is 2.16. The van der Waals surface area contributed by atoms with Gasteiger partial charge in [0, 0.05) is 11.1 Å². The van der Waals surface area contributed by atoms with Gasteiger partial charge < -0.3 is 9.30 Å². The highest BCUT2D eigenvalue weighted by molar-refractivity contribution is 6.33. The van der Waals surface area contributed by atoms with Crippen molar-refractivity contribution in [2.24, 2.45) is 0 Å². The van der Waals surface area contributed by atoms with Crippen molar-refractivity contribution < 1.29 is 13.5 Å². The largest absolute Gasteiger partial charge is 0.481 e. The Morgan fingerprint density at radius 1 is 1.35 bits per heavy atom. The van der Waals surface area contributed by atoms with Crippen molar-refractivity contribution in [2.75, 3.05) is 6.61 Å². The van der Waals surface area contributed by atoms with E-state index in [-0.39, 0.29) is 11.6 Å². The van der Waals surface area contributed by atoms with Crippen molar-refractivity contribution in [1.29, 1.82) is 0 Å². The number of alkyl halides is 2. The number of ether oxygens (including phenoxy) is 1. The average molecular weight is 338 g/mol. The Morgan fingerprint density at radius 2 is 2.09 bits per heavy atom. The lowest BCUT2D eigenvalue weighted by Crippen LogP contribution is -2.26. The minimum absolute atomic E-state index is 0.0935. The lowest BCUT2D eigenvalue weighted by molar-refractivity contribution is 0.126. The molecular weight excluding hydrogens is 324 g/mol. The maximum atomic E-state index is 12.8. The highest BCUT2D eigenvalue weighted by atomic mass is 35.5. The predicted molar refractivity (Wildman–Crippen MR) is 86.2 cm³/mol. The molecule has 2 aromatic rings. The summed E-state index contributed by atoms with van der Waals surface area (Å²) < 4.78 is 31.9. The van der Waals surface area contributed by atoms with E-state index in [9.17, 15) is 13.6 Å². The lowest BCUT2D eigenvalue weighted by atomic mass is 10.1. The van der Waals surface area contributed by atoms with Gasteiger partial charge in [-0.2, -0.15) is 0 Å². The number of pyridine rings is 1. The molecule has 0 saturated heterocycles. The van der Waals surface area contributed by atoms with Gasteiger partial charge in [0.05, 0.1) is 17.3 Å². The molecule has 0 N–H and O–H groups in total. The summed E-state index contributed by atoms with van der Waals surface area (Å²) in [4.78, 5) is 12.2. The average Bonchev–Trinajstić information content (AvgIpc) is 2.50. The van der Waals surface area contributed by atoms with E-state index in [4.69, 9.17) is 22.8 Å². The van der Waals surface area contributed by atoms with Crippen LogP contribution in [0.5, 0.6) is 5.75 Å². The van der Waals surface area contributed by atoms with Crippen molar-refractivity contribution in [3.05, 3.63) is 51.3 Å². The Kier molecular flexibility index (Phi) is 5.41. The number of terminal acetylenes is 1. The first-order chi connectivity index (χ1) is 10.9. The fourth-order valence-corrected chi connectivity index (χ4v) is 2.43. The number of hydrogen-bond acceptors (Lipinski definition) is 2. The van der Waals surface area contributed by atoms with E-state index in [0.29, 0.717) is 22.6 Å². The summed E-state index contributed by atoms with van der Waals surface area (Å²) in [5.41, 5.74) is 0.720. The molecule has 1 aromatic heterocycles. The molecule has 3 nitrogen and oxygen atoms in total. The predicted octanol–water partition coefficient (Wildman–Crippen LogP) is 3.75. The first-order valence-corrected chi connectivity index (χ1v) is 7.16. The SMILES string of the molecule is C#CCOc1ccc(-c2ccc(C)c(=O)n2CC(F)F)c(Cl)c1. The summed E-state index contributed by atoms with van der Waals surface area (Å²) in [6.45, 7) is 0.976. The summed E-state index contributed by atoms with van der Waals surface area (Å²) >= 11 is 6.21. The van der Waals surface area contributed by atoms with Crippen molar-refractivity contribution in [3.8, 4) is 29.4 Å². The van der Waals surface area contributed by atoms with E-state index in [0.717, 1.165) is 4.57 Å². The van der Waals surface area contributed by atoms with Crippen LogP contribution in [0, 0.1) is 19.3 Å².